The van der Waals surface area contributed by atoms with Crippen molar-refractivity contribution in [1.82, 2.24) is 0 Å². The van der Waals surface area contributed by atoms with Crippen LogP contribution >= 0.6 is 11.6 Å². The van der Waals surface area contributed by atoms with Gasteiger partial charge in [0.15, 0.2) is 11.6 Å². The van der Waals surface area contributed by atoms with E-state index in [1.54, 1.807) is 12.1 Å². The number of benzene rings is 2. The molecule has 21 heavy (non-hydrogen) atoms. The van der Waals surface area contributed by atoms with Crippen molar-refractivity contribution < 1.29 is 23.0 Å². The van der Waals surface area contributed by atoms with Gasteiger partial charge in [0.2, 0.25) is 0 Å². The normalized spacial score (nSPS) is 10.7. The van der Waals surface area contributed by atoms with Crippen molar-refractivity contribution in [2.75, 3.05) is 5.32 Å². The topological polar surface area (TPSA) is 41.5 Å². The Kier molecular flexibility index (Phi) is 4.80. The van der Waals surface area contributed by atoms with Gasteiger partial charge in [0.1, 0.15) is 5.75 Å². The van der Waals surface area contributed by atoms with Crippen molar-refractivity contribution in [3.8, 4) is 11.5 Å². The van der Waals surface area contributed by atoms with Crippen LogP contribution in [0.15, 0.2) is 36.4 Å². The lowest BCUT2D eigenvalue weighted by molar-refractivity contribution is -0.0521. The molecule has 0 unspecified atom stereocenters. The highest BCUT2D eigenvalue weighted by molar-refractivity contribution is 6.32. The fourth-order valence-electron chi connectivity index (χ4n) is 1.70. The molecule has 0 aliphatic rings. The van der Waals surface area contributed by atoms with Crippen LogP contribution in [0, 0.1) is 5.82 Å². The molecule has 0 saturated heterocycles. The Labute approximate surface area is 123 Å². The number of alkyl halides is 2. The summed E-state index contributed by atoms with van der Waals surface area (Å²) in [5.41, 5.74) is 0.879. The van der Waals surface area contributed by atoms with Crippen LogP contribution < -0.4 is 10.1 Å². The minimum Gasteiger partial charge on any atom is -0.506 e. The molecular formula is C14H11ClF3NO2. The molecular weight excluding hydrogens is 307 g/mol. The van der Waals surface area contributed by atoms with Crippen LogP contribution in [-0.2, 0) is 6.54 Å². The van der Waals surface area contributed by atoms with Gasteiger partial charge in [-0.05, 0) is 18.2 Å². The number of nitrogens with one attached hydrogen (secondary N) is 1. The van der Waals surface area contributed by atoms with Crippen LogP contribution in [0.5, 0.6) is 11.5 Å². The van der Waals surface area contributed by atoms with Gasteiger partial charge in [0.05, 0.1) is 5.02 Å². The van der Waals surface area contributed by atoms with Crippen LogP contribution in [0.4, 0.5) is 18.9 Å². The Bertz CT molecular complexity index is 638. The van der Waals surface area contributed by atoms with Crippen molar-refractivity contribution in [3.63, 3.8) is 0 Å². The number of para-hydroxylation sites is 1. The number of phenolic OH excluding ortho intramolecular Hbond substituents is 1. The number of halogens is 4. The second kappa shape index (κ2) is 6.58. The first kappa shape index (κ1) is 15.3. The third-order valence-electron chi connectivity index (χ3n) is 2.70. The molecule has 2 aromatic carbocycles. The predicted molar refractivity (Wildman–Crippen MR) is 73.5 cm³/mol. The number of anilines is 1. The fraction of sp³-hybridized carbons (Fsp3) is 0.143. The Morgan fingerprint density at radius 3 is 2.67 bits per heavy atom. The van der Waals surface area contributed by atoms with E-state index in [1.807, 2.05) is 0 Å². The fourth-order valence-corrected chi connectivity index (χ4v) is 1.90. The van der Waals surface area contributed by atoms with Crippen LogP contribution in [0.25, 0.3) is 0 Å². The van der Waals surface area contributed by atoms with E-state index in [1.165, 1.54) is 12.1 Å². The molecule has 7 heteroatoms. The number of phenols is 1. The van der Waals surface area contributed by atoms with Gasteiger partial charge in [0, 0.05) is 23.9 Å². The zero-order chi connectivity index (χ0) is 15.4. The van der Waals surface area contributed by atoms with Crippen LogP contribution in [-0.4, -0.2) is 11.7 Å². The lowest BCUT2D eigenvalue weighted by Crippen LogP contribution is -2.05. The summed E-state index contributed by atoms with van der Waals surface area (Å²) >= 11 is 5.76. The van der Waals surface area contributed by atoms with E-state index < -0.39 is 18.2 Å². The first-order valence-corrected chi connectivity index (χ1v) is 6.29. The zero-order valence-electron chi connectivity index (χ0n) is 10.6. The van der Waals surface area contributed by atoms with Crippen LogP contribution in [0.3, 0.4) is 0 Å². The van der Waals surface area contributed by atoms with Crippen LogP contribution in [0.2, 0.25) is 5.02 Å². The second-order valence-electron chi connectivity index (χ2n) is 4.12. The molecule has 2 rings (SSSR count). The Hall–Kier alpha value is -2.08. The lowest BCUT2D eigenvalue weighted by Gasteiger charge is -2.11. The number of aromatic hydroxyl groups is 1. The number of hydrogen-bond acceptors (Lipinski definition) is 3. The van der Waals surface area contributed by atoms with Crippen LogP contribution in [0.1, 0.15) is 5.56 Å². The van der Waals surface area contributed by atoms with Crippen molar-refractivity contribution in [3.05, 3.63) is 52.8 Å². The first-order chi connectivity index (χ1) is 9.97. The highest BCUT2D eigenvalue weighted by atomic mass is 35.5. The summed E-state index contributed by atoms with van der Waals surface area (Å²) in [4.78, 5) is 0. The lowest BCUT2D eigenvalue weighted by atomic mass is 10.2. The van der Waals surface area contributed by atoms with Crippen molar-refractivity contribution in [2.24, 2.45) is 0 Å². The molecule has 2 N–H and O–H groups in total. The van der Waals surface area contributed by atoms with Gasteiger partial charge in [-0.2, -0.15) is 8.78 Å². The highest BCUT2D eigenvalue weighted by Crippen LogP contribution is 2.28. The van der Waals surface area contributed by atoms with Gasteiger partial charge in [-0.15, -0.1) is 0 Å². The number of ether oxygens (including phenoxy) is 1. The Morgan fingerprint density at radius 2 is 2.00 bits per heavy atom. The molecule has 3 nitrogen and oxygen atoms in total. The van der Waals surface area contributed by atoms with Crippen molar-refractivity contribution in [1.29, 1.82) is 0 Å². The number of rotatable bonds is 5. The van der Waals surface area contributed by atoms with E-state index in [-0.39, 0.29) is 17.3 Å². The summed E-state index contributed by atoms with van der Waals surface area (Å²) in [7, 11) is 0. The molecule has 0 amide bonds. The molecule has 0 aliphatic carbocycles. The predicted octanol–water partition coefficient (Wildman–Crippen LogP) is 4.40. The Balaban J connectivity index is 2.07. The molecule has 0 bridgehead atoms. The van der Waals surface area contributed by atoms with Gasteiger partial charge in [0.25, 0.3) is 0 Å². The smallest absolute Gasteiger partial charge is 0.387 e. The van der Waals surface area contributed by atoms with Gasteiger partial charge in [-0.1, -0.05) is 23.7 Å². The third kappa shape index (κ3) is 3.95. The van der Waals surface area contributed by atoms with Crippen molar-refractivity contribution >= 4 is 17.3 Å². The summed E-state index contributed by atoms with van der Waals surface area (Å²) < 4.78 is 41.5. The minimum atomic E-state index is -3.08. The molecule has 0 heterocycles. The van der Waals surface area contributed by atoms with Gasteiger partial charge >= 0.3 is 6.61 Å². The first-order valence-electron chi connectivity index (χ1n) is 5.92. The molecule has 0 aromatic heterocycles. The highest BCUT2D eigenvalue weighted by Gasteiger charge is 2.11. The van der Waals surface area contributed by atoms with Gasteiger partial charge in [-0.3, -0.25) is 0 Å². The largest absolute Gasteiger partial charge is 0.506 e. The maximum absolute atomic E-state index is 13.5. The average Bonchev–Trinajstić information content (AvgIpc) is 2.43. The maximum Gasteiger partial charge on any atom is 0.387 e. The molecule has 2 aromatic rings. The molecule has 0 aliphatic heterocycles. The van der Waals surface area contributed by atoms with E-state index in [4.69, 9.17) is 11.6 Å². The molecule has 0 saturated carbocycles. The second-order valence-corrected chi connectivity index (χ2v) is 4.53. The zero-order valence-corrected chi connectivity index (χ0v) is 11.4. The number of hydrogen-bond donors (Lipinski definition) is 2. The van der Waals surface area contributed by atoms with Gasteiger partial charge in [-0.25, -0.2) is 4.39 Å². The third-order valence-corrected chi connectivity index (χ3v) is 3.01. The van der Waals surface area contributed by atoms with E-state index in [2.05, 4.69) is 10.1 Å². The molecule has 0 spiro atoms. The summed E-state index contributed by atoms with van der Waals surface area (Å²) in [6.07, 6.45) is 0. The standard InChI is InChI=1S/C14H11ClF3NO2/c15-10-3-1-2-8(13(10)20)7-19-9-4-5-12(11(16)6-9)21-14(17)18/h1-6,14,19-20H,7H2. The Morgan fingerprint density at radius 1 is 1.24 bits per heavy atom. The summed E-state index contributed by atoms with van der Waals surface area (Å²) in [6, 6.07) is 8.37. The summed E-state index contributed by atoms with van der Waals surface area (Å²) in [6.45, 7) is -2.89. The van der Waals surface area contributed by atoms with Gasteiger partial charge < -0.3 is 15.2 Å². The summed E-state index contributed by atoms with van der Waals surface area (Å²) in [5.74, 6) is -1.50. The minimum absolute atomic E-state index is 0.0650. The molecule has 112 valence electrons. The van der Waals surface area contributed by atoms with E-state index in [9.17, 15) is 18.3 Å². The van der Waals surface area contributed by atoms with E-state index in [0.717, 1.165) is 12.1 Å². The monoisotopic (exact) mass is 317 g/mol. The molecule has 0 fully saturated rings. The van der Waals surface area contributed by atoms with E-state index in [0.29, 0.717) is 11.3 Å². The quantitative estimate of drug-likeness (QED) is 0.859. The average molecular weight is 318 g/mol. The van der Waals surface area contributed by atoms with Crippen molar-refractivity contribution in [2.45, 2.75) is 13.2 Å². The molecule has 0 atom stereocenters. The van der Waals surface area contributed by atoms with E-state index >= 15 is 0 Å². The maximum atomic E-state index is 13.5. The SMILES string of the molecule is Oc1c(Cl)cccc1CNc1ccc(OC(F)F)c(F)c1. The molecule has 0 radical (unpaired) electrons. The summed E-state index contributed by atoms with van der Waals surface area (Å²) in [5, 5.41) is 12.8.